The van der Waals surface area contributed by atoms with Crippen molar-refractivity contribution in [3.8, 4) is 0 Å². The van der Waals surface area contributed by atoms with E-state index in [-0.39, 0.29) is 5.76 Å². The molecule has 5 nitrogen and oxygen atoms in total. The third-order valence-electron chi connectivity index (χ3n) is 1.75. The second-order valence-corrected chi connectivity index (χ2v) is 2.72. The molecule has 0 radical (unpaired) electrons. The van der Waals surface area contributed by atoms with Crippen LogP contribution in [-0.2, 0) is 4.74 Å². The normalized spacial score (nSPS) is 34.6. The van der Waals surface area contributed by atoms with E-state index in [1.165, 1.54) is 6.92 Å². The van der Waals surface area contributed by atoms with E-state index in [0.29, 0.717) is 0 Å². The zero-order chi connectivity index (χ0) is 10.6. The number of rotatable bonds is 1. The Labute approximate surface area is 76.9 Å². The fraction of sp³-hybridized carbons (Fsp3) is 0.750. The van der Waals surface area contributed by atoms with E-state index in [0.717, 1.165) is 7.11 Å². The Hall–Kier alpha value is -0.620. The van der Waals surface area contributed by atoms with Crippen LogP contribution in [0.25, 0.3) is 0 Å². The second-order valence-electron chi connectivity index (χ2n) is 2.72. The largest absolute Gasteiger partial charge is 0.487 e. The van der Waals surface area contributed by atoms with Crippen LogP contribution in [0.4, 0.5) is 0 Å². The first-order valence-corrected chi connectivity index (χ1v) is 3.88. The predicted molar refractivity (Wildman–Crippen MR) is 45.9 cm³/mol. The van der Waals surface area contributed by atoms with Crippen molar-refractivity contribution in [3.05, 3.63) is 12.3 Å². The molecule has 1 aliphatic heterocycles. The molecular weight excluding hydrogens is 176 g/mol. The van der Waals surface area contributed by atoms with Crippen molar-refractivity contribution in [2.45, 2.75) is 31.3 Å². The lowest BCUT2D eigenvalue weighted by Gasteiger charge is -2.16. The van der Waals surface area contributed by atoms with Gasteiger partial charge in [0.25, 0.3) is 0 Å². The molecule has 1 aliphatic rings. The van der Waals surface area contributed by atoms with E-state index in [4.69, 9.17) is 20.1 Å². The lowest BCUT2D eigenvalue weighted by molar-refractivity contribution is -0.0376. The van der Waals surface area contributed by atoms with Gasteiger partial charge in [0.05, 0.1) is 6.10 Å². The summed E-state index contributed by atoms with van der Waals surface area (Å²) in [4.78, 5) is 0. The highest BCUT2D eigenvalue weighted by Gasteiger charge is 2.40. The van der Waals surface area contributed by atoms with E-state index in [2.05, 4.69) is 6.58 Å². The average Bonchev–Trinajstić information content (AvgIpc) is 2.36. The minimum atomic E-state index is -1.07. The Morgan fingerprint density at radius 1 is 1.38 bits per heavy atom. The fourth-order valence-corrected chi connectivity index (χ4v) is 1.07. The van der Waals surface area contributed by atoms with E-state index in [9.17, 15) is 5.11 Å². The Morgan fingerprint density at radius 2 is 1.85 bits per heavy atom. The van der Waals surface area contributed by atoms with Crippen molar-refractivity contribution in [3.63, 3.8) is 0 Å². The van der Waals surface area contributed by atoms with Crippen molar-refractivity contribution in [2.24, 2.45) is 0 Å². The van der Waals surface area contributed by atoms with Crippen LogP contribution in [-0.4, -0.2) is 52.0 Å². The first-order valence-electron chi connectivity index (χ1n) is 3.88. The molecule has 78 valence electrons. The molecule has 4 atom stereocenters. The van der Waals surface area contributed by atoms with Gasteiger partial charge < -0.3 is 25.2 Å². The SMILES string of the molecule is C=C1OC(C(C)O)C(O)C1O.CO. The van der Waals surface area contributed by atoms with Crippen LogP contribution in [0, 0.1) is 0 Å². The molecule has 4 unspecified atom stereocenters. The van der Waals surface area contributed by atoms with Crippen LogP contribution in [0.1, 0.15) is 6.92 Å². The van der Waals surface area contributed by atoms with Gasteiger partial charge >= 0.3 is 0 Å². The van der Waals surface area contributed by atoms with E-state index in [1.807, 2.05) is 0 Å². The third-order valence-corrected chi connectivity index (χ3v) is 1.75. The second kappa shape index (κ2) is 5.18. The highest BCUT2D eigenvalue weighted by Crippen LogP contribution is 2.24. The molecule has 4 N–H and O–H groups in total. The molecular formula is C8H16O5. The van der Waals surface area contributed by atoms with Crippen LogP contribution in [0.3, 0.4) is 0 Å². The third kappa shape index (κ3) is 2.67. The number of hydrogen-bond donors (Lipinski definition) is 4. The summed E-state index contributed by atoms with van der Waals surface area (Å²) in [6, 6.07) is 0. The molecule has 0 aromatic heterocycles. The molecule has 1 fully saturated rings. The summed E-state index contributed by atoms with van der Waals surface area (Å²) in [5.41, 5.74) is 0. The maximum Gasteiger partial charge on any atom is 0.153 e. The van der Waals surface area contributed by atoms with Crippen molar-refractivity contribution >= 4 is 0 Å². The highest BCUT2D eigenvalue weighted by molar-refractivity contribution is 5.06. The maximum absolute atomic E-state index is 9.20. The minimum absolute atomic E-state index is 0.114. The van der Waals surface area contributed by atoms with E-state index in [1.54, 1.807) is 0 Å². The molecule has 1 rings (SSSR count). The molecule has 5 heteroatoms. The van der Waals surface area contributed by atoms with Crippen LogP contribution in [0.15, 0.2) is 12.3 Å². The molecule has 0 aromatic carbocycles. The van der Waals surface area contributed by atoms with Gasteiger partial charge in [-0.05, 0) is 6.92 Å². The van der Waals surface area contributed by atoms with Crippen LogP contribution >= 0.6 is 0 Å². The number of ether oxygens (including phenoxy) is 1. The van der Waals surface area contributed by atoms with Crippen LogP contribution < -0.4 is 0 Å². The van der Waals surface area contributed by atoms with E-state index >= 15 is 0 Å². The zero-order valence-corrected chi connectivity index (χ0v) is 7.71. The minimum Gasteiger partial charge on any atom is -0.487 e. The summed E-state index contributed by atoms with van der Waals surface area (Å²) in [6.45, 7) is 4.86. The van der Waals surface area contributed by atoms with Gasteiger partial charge in [-0.15, -0.1) is 0 Å². The van der Waals surface area contributed by atoms with Gasteiger partial charge in [0.2, 0.25) is 0 Å². The molecule has 0 aliphatic carbocycles. The van der Waals surface area contributed by atoms with Crippen LogP contribution in [0.2, 0.25) is 0 Å². The van der Waals surface area contributed by atoms with Crippen molar-refractivity contribution in [1.82, 2.24) is 0 Å². The monoisotopic (exact) mass is 192 g/mol. The highest BCUT2D eigenvalue weighted by atomic mass is 16.5. The Bertz CT molecular complexity index is 168. The summed E-state index contributed by atoms with van der Waals surface area (Å²) < 4.78 is 4.90. The van der Waals surface area contributed by atoms with Gasteiger partial charge in [0.1, 0.15) is 18.0 Å². The lowest BCUT2D eigenvalue weighted by Crippen LogP contribution is -2.36. The van der Waals surface area contributed by atoms with Gasteiger partial charge in [-0.2, -0.15) is 0 Å². The first-order chi connectivity index (χ1) is 6.04. The smallest absolute Gasteiger partial charge is 0.153 e. The maximum atomic E-state index is 9.20. The van der Waals surface area contributed by atoms with Crippen molar-refractivity contribution < 1.29 is 25.2 Å². The summed E-state index contributed by atoms with van der Waals surface area (Å²) >= 11 is 0. The quantitative estimate of drug-likeness (QED) is 0.410. The van der Waals surface area contributed by atoms with Crippen molar-refractivity contribution in [2.75, 3.05) is 7.11 Å². The Kier molecular flexibility index (Phi) is 4.94. The van der Waals surface area contributed by atoms with Gasteiger partial charge in [-0.1, -0.05) is 6.58 Å². The van der Waals surface area contributed by atoms with E-state index < -0.39 is 24.4 Å². The average molecular weight is 192 g/mol. The molecule has 0 saturated carbocycles. The van der Waals surface area contributed by atoms with Gasteiger partial charge in [0.15, 0.2) is 6.10 Å². The van der Waals surface area contributed by atoms with Crippen molar-refractivity contribution in [1.29, 1.82) is 0 Å². The molecule has 1 heterocycles. The topological polar surface area (TPSA) is 90.2 Å². The number of hydrogen-bond acceptors (Lipinski definition) is 5. The lowest BCUT2D eigenvalue weighted by atomic mass is 10.1. The van der Waals surface area contributed by atoms with Gasteiger partial charge in [0, 0.05) is 7.11 Å². The fourth-order valence-electron chi connectivity index (χ4n) is 1.07. The number of aliphatic hydroxyl groups excluding tert-OH is 4. The Balaban J connectivity index is 0.000000671. The summed E-state index contributed by atoms with van der Waals surface area (Å²) in [7, 11) is 1.00. The zero-order valence-electron chi connectivity index (χ0n) is 7.71. The van der Waals surface area contributed by atoms with Gasteiger partial charge in [-0.25, -0.2) is 0 Å². The molecule has 1 saturated heterocycles. The molecule has 0 spiro atoms. The standard InChI is InChI=1S/C7H12O4.CH4O/c1-3(8)7-6(10)5(9)4(2)11-7;1-2/h3,5-10H,2H2,1H3;2H,1H3. The molecule has 0 aromatic rings. The molecule has 0 bridgehead atoms. The summed E-state index contributed by atoms with van der Waals surface area (Å²) in [5, 5.41) is 34.3. The number of aliphatic hydroxyl groups is 4. The predicted octanol–water partition coefficient (Wildman–Crippen LogP) is -1.39. The summed E-state index contributed by atoms with van der Waals surface area (Å²) in [5.74, 6) is 0.114. The summed E-state index contributed by atoms with van der Waals surface area (Å²) in [6.07, 6.45) is -3.70. The Morgan fingerprint density at radius 3 is 2.00 bits per heavy atom. The molecule has 0 amide bonds. The van der Waals surface area contributed by atoms with Crippen LogP contribution in [0.5, 0.6) is 0 Å². The van der Waals surface area contributed by atoms with Gasteiger partial charge in [-0.3, -0.25) is 0 Å². The molecule has 13 heavy (non-hydrogen) atoms. The first kappa shape index (κ1) is 12.4.